The van der Waals surface area contributed by atoms with Gasteiger partial charge in [-0.3, -0.25) is 14.7 Å². The number of hydrogen-bond acceptors (Lipinski definition) is 2. The number of para-hydroxylation sites is 2. The monoisotopic (exact) mass is 494 g/mol. The van der Waals surface area contributed by atoms with E-state index in [9.17, 15) is 4.79 Å². The average Bonchev–Trinajstić information content (AvgIpc) is 3.02. The number of carbonyl (C=O) groups is 1. The van der Waals surface area contributed by atoms with Gasteiger partial charge in [0.2, 0.25) is 0 Å². The summed E-state index contributed by atoms with van der Waals surface area (Å²) in [6, 6.07) is 33.9. The van der Waals surface area contributed by atoms with Crippen molar-refractivity contribution in [2.24, 2.45) is 4.99 Å². The van der Waals surface area contributed by atoms with Crippen molar-refractivity contribution < 1.29 is 4.79 Å². The quantitative estimate of drug-likeness (QED) is 0.287. The highest BCUT2D eigenvalue weighted by atomic mass is 79.9. The molecule has 4 heteroatoms. The zero-order valence-electron chi connectivity index (χ0n) is 18.3. The van der Waals surface area contributed by atoms with Crippen molar-refractivity contribution in [1.82, 2.24) is 0 Å². The van der Waals surface area contributed by atoms with Crippen LogP contribution < -0.4 is 4.90 Å². The van der Waals surface area contributed by atoms with Gasteiger partial charge in [-0.05, 0) is 54.4 Å². The second-order valence-corrected chi connectivity index (χ2v) is 9.14. The predicted molar refractivity (Wildman–Crippen MR) is 139 cm³/mol. The molecular weight excluding hydrogens is 472 g/mol. The molecule has 0 fully saturated rings. The molecule has 0 aromatic heterocycles. The van der Waals surface area contributed by atoms with E-state index in [-0.39, 0.29) is 11.9 Å². The Bertz CT molecular complexity index is 1310. The van der Waals surface area contributed by atoms with Crippen molar-refractivity contribution >= 4 is 38.9 Å². The van der Waals surface area contributed by atoms with Crippen LogP contribution in [-0.4, -0.2) is 11.6 Å². The maximum Gasteiger partial charge on any atom is 0.258 e. The van der Waals surface area contributed by atoms with E-state index in [1.165, 1.54) is 5.56 Å². The van der Waals surface area contributed by atoms with Crippen LogP contribution in [0.2, 0.25) is 0 Å². The lowest BCUT2D eigenvalue weighted by molar-refractivity contribution is 0.0977. The molecule has 1 heterocycles. The topological polar surface area (TPSA) is 32.7 Å². The average molecular weight is 495 g/mol. The Labute approximate surface area is 202 Å². The number of fused-ring (bicyclic) bond motifs is 1. The van der Waals surface area contributed by atoms with Crippen LogP contribution in [0.5, 0.6) is 0 Å². The van der Waals surface area contributed by atoms with Crippen molar-refractivity contribution in [1.29, 1.82) is 0 Å². The molecule has 1 amide bonds. The van der Waals surface area contributed by atoms with Gasteiger partial charge in [0, 0.05) is 16.5 Å². The molecular formula is C29H23BrN2O. The van der Waals surface area contributed by atoms with E-state index in [2.05, 4.69) is 59.3 Å². The minimum Gasteiger partial charge on any atom is -0.298 e. The molecule has 0 spiro atoms. The molecule has 0 bridgehead atoms. The lowest BCUT2D eigenvalue weighted by Gasteiger charge is -2.32. The van der Waals surface area contributed by atoms with E-state index in [4.69, 9.17) is 4.99 Å². The van der Waals surface area contributed by atoms with Crippen molar-refractivity contribution in [2.75, 3.05) is 4.90 Å². The van der Waals surface area contributed by atoms with Crippen molar-refractivity contribution in [3.63, 3.8) is 0 Å². The van der Waals surface area contributed by atoms with E-state index in [1.54, 1.807) is 0 Å². The zero-order chi connectivity index (χ0) is 22.8. The van der Waals surface area contributed by atoms with Crippen LogP contribution in [0.15, 0.2) is 113 Å². The number of nitrogens with zero attached hydrogens (tertiary/aromatic N) is 2. The van der Waals surface area contributed by atoms with Gasteiger partial charge in [-0.1, -0.05) is 88.2 Å². The second kappa shape index (κ2) is 9.16. The summed E-state index contributed by atoms with van der Waals surface area (Å²) < 4.78 is 1.02. The Morgan fingerprint density at radius 2 is 1.52 bits per heavy atom. The van der Waals surface area contributed by atoms with E-state index in [1.807, 2.05) is 71.6 Å². The number of benzene rings is 4. The Morgan fingerprint density at radius 3 is 2.24 bits per heavy atom. The summed E-state index contributed by atoms with van der Waals surface area (Å²) in [7, 11) is 0. The number of hydrogen-bond donors (Lipinski definition) is 0. The molecule has 0 aliphatic carbocycles. The summed E-state index contributed by atoms with van der Waals surface area (Å²) in [5, 5.41) is 0. The predicted octanol–water partition coefficient (Wildman–Crippen LogP) is 7.67. The number of carbonyl (C=O) groups excluding carboxylic acids is 1. The Kier molecular flexibility index (Phi) is 5.93. The van der Waals surface area contributed by atoms with Gasteiger partial charge in [-0.25, -0.2) is 0 Å². The molecule has 0 saturated heterocycles. The highest BCUT2D eigenvalue weighted by Gasteiger charge is 2.33. The van der Waals surface area contributed by atoms with E-state index < -0.39 is 0 Å². The van der Waals surface area contributed by atoms with Crippen LogP contribution >= 0.6 is 15.9 Å². The molecule has 1 aliphatic rings. The minimum atomic E-state index is -0.190. The van der Waals surface area contributed by atoms with Crippen LogP contribution in [0.25, 0.3) is 0 Å². The summed E-state index contributed by atoms with van der Waals surface area (Å²) in [6.07, 6.45) is 0.609. The van der Waals surface area contributed by atoms with Crippen LogP contribution in [0, 0.1) is 6.92 Å². The Morgan fingerprint density at radius 1 is 0.848 bits per heavy atom. The third-order valence-electron chi connectivity index (χ3n) is 5.97. The summed E-state index contributed by atoms with van der Waals surface area (Å²) in [5.74, 6) is -0.0270. The zero-order valence-corrected chi connectivity index (χ0v) is 19.9. The second-order valence-electron chi connectivity index (χ2n) is 8.23. The van der Waals surface area contributed by atoms with Crippen LogP contribution in [0.1, 0.15) is 39.5 Å². The molecule has 0 radical (unpaired) electrons. The molecule has 5 rings (SSSR count). The lowest BCUT2D eigenvalue weighted by Crippen LogP contribution is -2.35. The third-order valence-corrected chi connectivity index (χ3v) is 6.50. The van der Waals surface area contributed by atoms with Gasteiger partial charge >= 0.3 is 0 Å². The molecule has 4 aromatic carbocycles. The summed E-state index contributed by atoms with van der Waals surface area (Å²) in [5.41, 5.74) is 6.58. The first-order valence-corrected chi connectivity index (χ1v) is 11.8. The van der Waals surface area contributed by atoms with Crippen molar-refractivity contribution in [3.05, 3.63) is 130 Å². The molecule has 0 N–H and O–H groups in total. The molecule has 1 atom stereocenters. The van der Waals surface area contributed by atoms with Crippen molar-refractivity contribution in [3.8, 4) is 0 Å². The first-order chi connectivity index (χ1) is 16.1. The number of halogens is 1. The number of aryl methyl sites for hydroxylation is 1. The molecule has 4 aromatic rings. The summed E-state index contributed by atoms with van der Waals surface area (Å²) in [6.45, 7) is 2.08. The fourth-order valence-electron chi connectivity index (χ4n) is 4.25. The van der Waals surface area contributed by atoms with Gasteiger partial charge in [-0.15, -0.1) is 0 Å². The molecule has 33 heavy (non-hydrogen) atoms. The molecule has 1 aliphatic heterocycles. The summed E-state index contributed by atoms with van der Waals surface area (Å²) >= 11 is 3.53. The highest BCUT2D eigenvalue weighted by molar-refractivity contribution is 9.10. The van der Waals surface area contributed by atoms with Crippen molar-refractivity contribution in [2.45, 2.75) is 19.4 Å². The Balaban J connectivity index is 1.70. The van der Waals surface area contributed by atoms with E-state index in [0.29, 0.717) is 12.0 Å². The number of anilines is 1. The maximum absolute atomic E-state index is 13.9. The SMILES string of the molecule is Cc1ccc([C@@H]2CC(c3ccc(Br)cc3)=Nc3ccccc3N2C(=O)c2ccccc2)cc1. The summed E-state index contributed by atoms with van der Waals surface area (Å²) in [4.78, 5) is 20.9. The van der Waals surface area contributed by atoms with Crippen LogP contribution in [-0.2, 0) is 0 Å². The van der Waals surface area contributed by atoms with Gasteiger partial charge < -0.3 is 0 Å². The van der Waals surface area contributed by atoms with Crippen LogP contribution in [0.4, 0.5) is 11.4 Å². The number of amides is 1. The van der Waals surface area contributed by atoms with E-state index in [0.717, 1.165) is 32.7 Å². The minimum absolute atomic E-state index is 0.0270. The first-order valence-electron chi connectivity index (χ1n) is 11.0. The van der Waals surface area contributed by atoms with Gasteiger partial charge in [0.05, 0.1) is 23.1 Å². The fourth-order valence-corrected chi connectivity index (χ4v) is 4.51. The van der Waals surface area contributed by atoms with Gasteiger partial charge in [-0.2, -0.15) is 0 Å². The van der Waals surface area contributed by atoms with E-state index >= 15 is 0 Å². The fraction of sp³-hybridized carbons (Fsp3) is 0.103. The van der Waals surface area contributed by atoms with Gasteiger partial charge in [0.25, 0.3) is 5.91 Å². The van der Waals surface area contributed by atoms with Gasteiger partial charge in [0.15, 0.2) is 0 Å². The highest BCUT2D eigenvalue weighted by Crippen LogP contribution is 2.41. The standard InChI is InChI=1S/C29H23BrN2O/c1-20-11-13-22(14-12-20)28-19-26(21-15-17-24(30)18-16-21)31-25-9-5-6-10-27(25)32(28)29(33)23-7-3-2-4-8-23/h2-18,28H,19H2,1H3/t28-/m0/s1. The third kappa shape index (κ3) is 4.39. The smallest absolute Gasteiger partial charge is 0.258 e. The molecule has 0 unspecified atom stereocenters. The Hall–Kier alpha value is -3.50. The molecule has 162 valence electrons. The first kappa shape index (κ1) is 21.4. The molecule has 0 saturated carbocycles. The maximum atomic E-state index is 13.9. The lowest BCUT2D eigenvalue weighted by atomic mass is 9.94. The van der Waals surface area contributed by atoms with Crippen LogP contribution in [0.3, 0.4) is 0 Å². The number of rotatable bonds is 3. The van der Waals surface area contributed by atoms with Gasteiger partial charge in [0.1, 0.15) is 0 Å². The molecule has 3 nitrogen and oxygen atoms in total. The number of aliphatic imine (C=N–C) groups is 1. The largest absolute Gasteiger partial charge is 0.298 e. The normalized spacial score (nSPS) is 15.4.